The van der Waals surface area contributed by atoms with Crippen molar-refractivity contribution in [3.05, 3.63) is 42.4 Å². The van der Waals surface area contributed by atoms with Crippen LogP contribution in [0.2, 0.25) is 0 Å². The Morgan fingerprint density at radius 1 is 1.17 bits per heavy atom. The van der Waals surface area contributed by atoms with Gasteiger partial charge in [-0.2, -0.15) is 14.6 Å². The maximum atomic E-state index is 5.15. The summed E-state index contributed by atoms with van der Waals surface area (Å²) in [6, 6.07) is 9.83. The minimum atomic E-state index is 0.612. The van der Waals surface area contributed by atoms with Crippen LogP contribution < -0.4 is 4.74 Å². The number of hydrogen-bond acceptors (Lipinski definition) is 4. The van der Waals surface area contributed by atoms with E-state index in [-0.39, 0.29) is 0 Å². The second-order valence-electron chi connectivity index (χ2n) is 3.98. The molecule has 0 saturated heterocycles. The standard InChI is InChI=1S/C13H12N4O/c1-9-7-12(17-13(16-9)14-8-15-17)10-3-5-11(18-2)6-4-10/h3-8H,1-2H3. The zero-order chi connectivity index (χ0) is 12.5. The van der Waals surface area contributed by atoms with Gasteiger partial charge in [0.2, 0.25) is 0 Å². The van der Waals surface area contributed by atoms with E-state index in [0.717, 1.165) is 22.7 Å². The lowest BCUT2D eigenvalue weighted by molar-refractivity contribution is 0.415. The van der Waals surface area contributed by atoms with Crippen LogP contribution in [0.15, 0.2) is 36.7 Å². The van der Waals surface area contributed by atoms with Gasteiger partial charge in [0.1, 0.15) is 12.1 Å². The van der Waals surface area contributed by atoms with Gasteiger partial charge in [0.05, 0.1) is 12.8 Å². The van der Waals surface area contributed by atoms with Gasteiger partial charge in [0.25, 0.3) is 5.78 Å². The molecule has 0 atom stereocenters. The highest BCUT2D eigenvalue weighted by atomic mass is 16.5. The number of hydrogen-bond donors (Lipinski definition) is 0. The molecule has 0 amide bonds. The SMILES string of the molecule is COc1ccc(-c2cc(C)nc3ncnn23)cc1. The van der Waals surface area contributed by atoms with Gasteiger partial charge in [-0.25, -0.2) is 4.98 Å². The summed E-state index contributed by atoms with van der Waals surface area (Å²) in [5.41, 5.74) is 2.94. The van der Waals surface area contributed by atoms with Crippen molar-refractivity contribution in [3.63, 3.8) is 0 Å². The lowest BCUT2D eigenvalue weighted by Gasteiger charge is -2.06. The fraction of sp³-hybridized carbons (Fsp3) is 0.154. The molecular formula is C13H12N4O. The van der Waals surface area contributed by atoms with Crippen molar-refractivity contribution in [1.29, 1.82) is 0 Å². The molecule has 0 aliphatic rings. The van der Waals surface area contributed by atoms with Crippen molar-refractivity contribution in [2.45, 2.75) is 6.92 Å². The average molecular weight is 240 g/mol. The molecule has 0 N–H and O–H groups in total. The van der Waals surface area contributed by atoms with Crippen molar-refractivity contribution in [1.82, 2.24) is 19.6 Å². The minimum absolute atomic E-state index is 0.612. The Balaban J connectivity index is 2.20. The van der Waals surface area contributed by atoms with E-state index in [1.165, 1.54) is 6.33 Å². The van der Waals surface area contributed by atoms with Crippen LogP contribution in [0.1, 0.15) is 5.69 Å². The highest BCUT2D eigenvalue weighted by Crippen LogP contribution is 2.22. The molecule has 0 aliphatic carbocycles. The van der Waals surface area contributed by atoms with E-state index in [2.05, 4.69) is 15.1 Å². The van der Waals surface area contributed by atoms with Gasteiger partial charge >= 0.3 is 0 Å². The monoisotopic (exact) mass is 240 g/mol. The van der Waals surface area contributed by atoms with Crippen molar-refractivity contribution in [2.75, 3.05) is 7.11 Å². The molecule has 0 aliphatic heterocycles. The second kappa shape index (κ2) is 4.10. The Labute approximate surface area is 104 Å². The Morgan fingerprint density at radius 2 is 1.94 bits per heavy atom. The lowest BCUT2D eigenvalue weighted by Crippen LogP contribution is -1.98. The van der Waals surface area contributed by atoms with Crippen molar-refractivity contribution in [3.8, 4) is 17.0 Å². The van der Waals surface area contributed by atoms with E-state index in [4.69, 9.17) is 4.74 Å². The van der Waals surface area contributed by atoms with Gasteiger partial charge in [0, 0.05) is 11.3 Å². The van der Waals surface area contributed by atoms with E-state index in [9.17, 15) is 0 Å². The Morgan fingerprint density at radius 3 is 2.67 bits per heavy atom. The van der Waals surface area contributed by atoms with Gasteiger partial charge < -0.3 is 4.74 Å². The van der Waals surface area contributed by atoms with Crippen LogP contribution in [-0.4, -0.2) is 26.7 Å². The third kappa shape index (κ3) is 1.69. The summed E-state index contributed by atoms with van der Waals surface area (Å²) in [5.74, 6) is 1.44. The highest BCUT2D eigenvalue weighted by molar-refractivity contribution is 5.62. The summed E-state index contributed by atoms with van der Waals surface area (Å²) in [4.78, 5) is 8.44. The van der Waals surface area contributed by atoms with Crippen molar-refractivity contribution >= 4 is 5.78 Å². The van der Waals surface area contributed by atoms with Crippen LogP contribution in [-0.2, 0) is 0 Å². The van der Waals surface area contributed by atoms with Crippen LogP contribution in [0.4, 0.5) is 0 Å². The first-order valence-electron chi connectivity index (χ1n) is 5.60. The average Bonchev–Trinajstić information content (AvgIpc) is 2.86. The van der Waals surface area contributed by atoms with Crippen LogP contribution in [0, 0.1) is 6.92 Å². The van der Waals surface area contributed by atoms with E-state index >= 15 is 0 Å². The number of benzene rings is 1. The molecule has 0 radical (unpaired) electrons. The summed E-state index contributed by atoms with van der Waals surface area (Å²) in [5, 5.41) is 4.19. The molecule has 0 saturated carbocycles. The van der Waals surface area contributed by atoms with Gasteiger partial charge in [-0.1, -0.05) is 0 Å². The van der Waals surface area contributed by atoms with E-state index in [1.54, 1.807) is 11.6 Å². The van der Waals surface area contributed by atoms with Gasteiger partial charge in [-0.15, -0.1) is 0 Å². The Bertz CT molecular complexity index is 688. The van der Waals surface area contributed by atoms with Gasteiger partial charge in [-0.05, 0) is 37.3 Å². The number of aryl methyl sites for hydroxylation is 1. The van der Waals surface area contributed by atoms with Crippen molar-refractivity contribution < 1.29 is 4.74 Å². The van der Waals surface area contributed by atoms with E-state index in [1.807, 2.05) is 37.3 Å². The molecule has 90 valence electrons. The van der Waals surface area contributed by atoms with Gasteiger partial charge in [0.15, 0.2) is 0 Å². The number of fused-ring (bicyclic) bond motifs is 1. The summed E-state index contributed by atoms with van der Waals surface area (Å²) >= 11 is 0. The molecule has 5 heteroatoms. The first-order chi connectivity index (χ1) is 8.78. The molecule has 3 aromatic rings. The third-order valence-electron chi connectivity index (χ3n) is 2.77. The first-order valence-corrected chi connectivity index (χ1v) is 5.60. The highest BCUT2D eigenvalue weighted by Gasteiger charge is 2.07. The maximum absolute atomic E-state index is 5.15. The van der Waals surface area contributed by atoms with Crippen LogP contribution >= 0.6 is 0 Å². The summed E-state index contributed by atoms with van der Waals surface area (Å²) in [6.07, 6.45) is 1.51. The number of rotatable bonds is 2. The molecule has 0 unspecified atom stereocenters. The maximum Gasteiger partial charge on any atom is 0.252 e. The fourth-order valence-electron chi connectivity index (χ4n) is 1.90. The topological polar surface area (TPSA) is 52.3 Å². The predicted octanol–water partition coefficient (Wildman–Crippen LogP) is 2.11. The Kier molecular flexibility index (Phi) is 2.44. The molecule has 2 heterocycles. The van der Waals surface area contributed by atoms with E-state index < -0.39 is 0 Å². The van der Waals surface area contributed by atoms with Gasteiger partial charge in [-0.3, -0.25) is 0 Å². The quantitative estimate of drug-likeness (QED) is 0.688. The van der Waals surface area contributed by atoms with Crippen LogP contribution in [0.3, 0.4) is 0 Å². The smallest absolute Gasteiger partial charge is 0.252 e. The zero-order valence-electron chi connectivity index (χ0n) is 10.2. The molecule has 5 nitrogen and oxygen atoms in total. The largest absolute Gasteiger partial charge is 0.497 e. The number of methoxy groups -OCH3 is 1. The van der Waals surface area contributed by atoms with Crippen LogP contribution in [0.5, 0.6) is 5.75 Å². The number of nitrogens with zero attached hydrogens (tertiary/aromatic N) is 4. The minimum Gasteiger partial charge on any atom is -0.497 e. The van der Waals surface area contributed by atoms with E-state index in [0.29, 0.717) is 5.78 Å². The molecule has 0 bridgehead atoms. The lowest BCUT2D eigenvalue weighted by atomic mass is 10.1. The first kappa shape index (κ1) is 10.7. The van der Waals surface area contributed by atoms with Crippen LogP contribution in [0.25, 0.3) is 17.0 Å². The summed E-state index contributed by atoms with van der Waals surface area (Å²) in [7, 11) is 1.65. The predicted molar refractivity (Wildman–Crippen MR) is 67.5 cm³/mol. The molecule has 3 rings (SSSR count). The number of aromatic nitrogens is 4. The number of ether oxygens (including phenoxy) is 1. The third-order valence-corrected chi connectivity index (χ3v) is 2.77. The Hall–Kier alpha value is -2.43. The summed E-state index contributed by atoms with van der Waals surface area (Å²) < 4.78 is 6.89. The molecule has 1 aromatic carbocycles. The van der Waals surface area contributed by atoms with Crippen molar-refractivity contribution in [2.24, 2.45) is 0 Å². The second-order valence-corrected chi connectivity index (χ2v) is 3.98. The fourth-order valence-corrected chi connectivity index (χ4v) is 1.90. The zero-order valence-corrected chi connectivity index (χ0v) is 10.2. The normalized spacial score (nSPS) is 10.8. The molecular weight excluding hydrogens is 228 g/mol. The molecule has 0 spiro atoms. The molecule has 2 aromatic heterocycles. The summed E-state index contributed by atoms with van der Waals surface area (Å²) in [6.45, 7) is 1.95. The molecule has 18 heavy (non-hydrogen) atoms. The molecule has 0 fully saturated rings.